The Morgan fingerprint density at radius 3 is 2.65 bits per heavy atom. The van der Waals surface area contributed by atoms with E-state index in [1.807, 2.05) is 11.0 Å². The van der Waals surface area contributed by atoms with E-state index in [0.29, 0.717) is 18.4 Å². The van der Waals surface area contributed by atoms with Crippen LogP contribution in [0.2, 0.25) is 0 Å². The normalized spacial score (nSPS) is 25.8. The Kier molecular flexibility index (Phi) is 5.57. The molecule has 5 rings (SSSR count). The van der Waals surface area contributed by atoms with Crippen LogP contribution in [0.15, 0.2) is 36.5 Å². The minimum atomic E-state index is 0.0804. The minimum Gasteiger partial charge on any atom is -0.378 e. The lowest BCUT2D eigenvalue weighted by molar-refractivity contribution is -0.124. The largest absolute Gasteiger partial charge is 0.378 e. The van der Waals surface area contributed by atoms with Gasteiger partial charge in [0.2, 0.25) is 5.91 Å². The monoisotopic (exact) mass is 420 g/mol. The highest BCUT2D eigenvalue weighted by Gasteiger charge is 2.34. The quantitative estimate of drug-likeness (QED) is 0.771. The van der Waals surface area contributed by atoms with Gasteiger partial charge in [-0.3, -0.25) is 4.79 Å². The van der Waals surface area contributed by atoms with Gasteiger partial charge in [0.1, 0.15) is 5.82 Å². The van der Waals surface area contributed by atoms with Crippen molar-refractivity contribution in [2.24, 2.45) is 17.8 Å². The molecule has 164 valence electrons. The molecule has 2 aromatic rings. The first-order chi connectivity index (χ1) is 15.1. The van der Waals surface area contributed by atoms with Crippen LogP contribution in [0, 0.1) is 17.8 Å². The maximum atomic E-state index is 13.9. The average Bonchev–Trinajstić information content (AvgIpc) is 2.95. The summed E-state index contributed by atoms with van der Waals surface area (Å²) in [6, 6.07) is 10.4. The number of morpholine rings is 1. The molecule has 6 heteroatoms. The molecule has 2 fully saturated rings. The fourth-order valence-electron chi connectivity index (χ4n) is 5.49. The van der Waals surface area contributed by atoms with Gasteiger partial charge in [-0.1, -0.05) is 19.9 Å². The molecule has 1 aromatic carbocycles. The zero-order valence-electron chi connectivity index (χ0n) is 18.5. The lowest BCUT2D eigenvalue weighted by atomic mass is 9.76. The number of pyridine rings is 1. The van der Waals surface area contributed by atoms with E-state index in [1.165, 1.54) is 6.42 Å². The summed E-state index contributed by atoms with van der Waals surface area (Å²) in [5, 5.41) is 3.49. The first kappa shape index (κ1) is 20.3. The van der Waals surface area contributed by atoms with Gasteiger partial charge in [-0.05, 0) is 55.4 Å². The Bertz CT molecular complexity index is 946. The number of amides is 1. The molecule has 31 heavy (non-hydrogen) atoms. The summed E-state index contributed by atoms with van der Waals surface area (Å²) < 4.78 is 5.53. The average molecular weight is 421 g/mol. The summed E-state index contributed by atoms with van der Waals surface area (Å²) in [6.07, 6.45) is 4.97. The van der Waals surface area contributed by atoms with Crippen LogP contribution in [0.5, 0.6) is 0 Å². The van der Waals surface area contributed by atoms with Crippen molar-refractivity contribution in [3.05, 3.63) is 42.1 Å². The number of ether oxygens (including phenoxy) is 1. The van der Waals surface area contributed by atoms with E-state index in [2.05, 4.69) is 53.3 Å². The molecular formula is C25H32N4O2. The minimum absolute atomic E-state index is 0.0804. The van der Waals surface area contributed by atoms with E-state index < -0.39 is 0 Å². The number of aromatic nitrogens is 1. The van der Waals surface area contributed by atoms with Crippen LogP contribution in [0.3, 0.4) is 0 Å². The summed E-state index contributed by atoms with van der Waals surface area (Å²) in [7, 11) is 0. The first-order valence-corrected chi connectivity index (χ1v) is 11.6. The highest BCUT2D eigenvalue weighted by atomic mass is 16.5. The van der Waals surface area contributed by atoms with Crippen LogP contribution in [0.1, 0.15) is 38.7 Å². The van der Waals surface area contributed by atoms with Gasteiger partial charge in [0, 0.05) is 36.5 Å². The molecule has 6 nitrogen and oxygen atoms in total. The van der Waals surface area contributed by atoms with Gasteiger partial charge in [0.15, 0.2) is 0 Å². The van der Waals surface area contributed by atoms with E-state index in [9.17, 15) is 4.79 Å². The molecule has 3 aliphatic rings. The van der Waals surface area contributed by atoms with Gasteiger partial charge < -0.3 is 19.9 Å². The number of hydrogen-bond donors (Lipinski definition) is 1. The standard InChI is InChI=1S/C25H32N4O2/c1-17-12-18(2)14-20(13-17)25(30)29-16-19-4-3-7-26-24(19)27-22-6-5-21(15-23(22)29)28-8-10-31-11-9-28/h3-7,15,17-18,20H,8-14,16H2,1-2H3,(H,26,27)/t17-,18+,20-. The Morgan fingerprint density at radius 1 is 1.10 bits per heavy atom. The molecule has 0 spiro atoms. The predicted molar refractivity (Wildman–Crippen MR) is 124 cm³/mol. The van der Waals surface area contributed by atoms with Crippen molar-refractivity contribution in [2.45, 2.75) is 39.7 Å². The van der Waals surface area contributed by atoms with Gasteiger partial charge in [-0.25, -0.2) is 4.98 Å². The number of nitrogens with zero attached hydrogens (tertiary/aromatic N) is 3. The molecule has 0 unspecified atom stereocenters. The van der Waals surface area contributed by atoms with Gasteiger partial charge >= 0.3 is 0 Å². The maximum Gasteiger partial charge on any atom is 0.230 e. The number of benzene rings is 1. The van der Waals surface area contributed by atoms with E-state index in [1.54, 1.807) is 6.20 Å². The summed E-state index contributed by atoms with van der Waals surface area (Å²) in [5.41, 5.74) is 4.10. The Hall–Kier alpha value is -2.60. The van der Waals surface area contributed by atoms with Gasteiger partial charge in [0.25, 0.3) is 0 Å². The lowest BCUT2D eigenvalue weighted by Crippen LogP contribution is -2.39. The van der Waals surface area contributed by atoms with Crippen LogP contribution < -0.4 is 15.1 Å². The zero-order valence-corrected chi connectivity index (χ0v) is 18.5. The third kappa shape index (κ3) is 4.13. The molecule has 1 aromatic heterocycles. The van der Waals surface area contributed by atoms with Gasteiger partial charge in [0.05, 0.1) is 31.1 Å². The number of carbonyl (C=O) groups is 1. The predicted octanol–water partition coefficient (Wildman–Crippen LogP) is 4.58. The molecule has 1 amide bonds. The number of anilines is 4. The molecular weight excluding hydrogens is 388 g/mol. The van der Waals surface area contributed by atoms with E-state index in [0.717, 1.165) is 67.6 Å². The van der Waals surface area contributed by atoms with Crippen molar-refractivity contribution in [2.75, 3.05) is 41.4 Å². The Labute approximate surface area is 184 Å². The molecule has 1 N–H and O–H groups in total. The van der Waals surface area contributed by atoms with Crippen LogP contribution in [-0.4, -0.2) is 37.2 Å². The smallest absolute Gasteiger partial charge is 0.230 e. The van der Waals surface area contributed by atoms with Crippen LogP contribution >= 0.6 is 0 Å². The molecule has 1 saturated carbocycles. The van der Waals surface area contributed by atoms with Crippen LogP contribution in [0.4, 0.5) is 22.9 Å². The second kappa shape index (κ2) is 8.50. The van der Waals surface area contributed by atoms with E-state index in [-0.39, 0.29) is 11.8 Å². The topological polar surface area (TPSA) is 57.7 Å². The van der Waals surface area contributed by atoms with Crippen molar-refractivity contribution in [1.82, 2.24) is 4.98 Å². The molecule has 1 saturated heterocycles. The van der Waals surface area contributed by atoms with Crippen molar-refractivity contribution in [1.29, 1.82) is 0 Å². The fourth-order valence-corrected chi connectivity index (χ4v) is 5.49. The number of nitrogens with one attached hydrogen (secondary N) is 1. The third-order valence-corrected chi connectivity index (χ3v) is 6.91. The summed E-state index contributed by atoms with van der Waals surface area (Å²) in [4.78, 5) is 22.8. The zero-order chi connectivity index (χ0) is 21.4. The number of rotatable bonds is 2. The maximum absolute atomic E-state index is 13.9. The van der Waals surface area contributed by atoms with Gasteiger partial charge in [-0.15, -0.1) is 0 Å². The van der Waals surface area contributed by atoms with Gasteiger partial charge in [-0.2, -0.15) is 0 Å². The third-order valence-electron chi connectivity index (χ3n) is 6.91. The molecule has 3 heterocycles. The lowest BCUT2D eigenvalue weighted by Gasteiger charge is -2.35. The molecule has 3 atom stereocenters. The SMILES string of the molecule is C[C@@H]1C[C@H](C)C[C@H](C(=O)N2Cc3cccnc3Nc3ccc(N4CCOCC4)cc32)C1. The van der Waals surface area contributed by atoms with Crippen molar-refractivity contribution in [3.63, 3.8) is 0 Å². The van der Waals surface area contributed by atoms with E-state index >= 15 is 0 Å². The molecule has 0 radical (unpaired) electrons. The first-order valence-electron chi connectivity index (χ1n) is 11.6. The van der Waals surface area contributed by atoms with E-state index in [4.69, 9.17) is 4.74 Å². The highest BCUT2D eigenvalue weighted by Crippen LogP contribution is 2.41. The Balaban J connectivity index is 1.53. The number of carbonyl (C=O) groups excluding carboxylic acids is 1. The van der Waals surface area contributed by atoms with Crippen LogP contribution in [0.25, 0.3) is 0 Å². The number of fused-ring (bicyclic) bond motifs is 2. The Morgan fingerprint density at radius 2 is 1.87 bits per heavy atom. The fraction of sp³-hybridized carbons (Fsp3) is 0.520. The summed E-state index contributed by atoms with van der Waals surface area (Å²) in [6.45, 7) is 8.34. The summed E-state index contributed by atoms with van der Waals surface area (Å²) >= 11 is 0. The summed E-state index contributed by atoms with van der Waals surface area (Å²) in [5.74, 6) is 2.35. The second-order valence-electron chi connectivity index (χ2n) is 9.48. The number of hydrogen-bond acceptors (Lipinski definition) is 5. The van der Waals surface area contributed by atoms with Crippen molar-refractivity contribution < 1.29 is 9.53 Å². The second-order valence-corrected chi connectivity index (χ2v) is 9.48. The van der Waals surface area contributed by atoms with Crippen LogP contribution in [-0.2, 0) is 16.1 Å². The molecule has 1 aliphatic carbocycles. The molecule has 0 bridgehead atoms. The highest BCUT2D eigenvalue weighted by molar-refractivity contribution is 6.00. The van der Waals surface area contributed by atoms with Crippen molar-refractivity contribution >= 4 is 28.8 Å². The van der Waals surface area contributed by atoms with Crippen molar-refractivity contribution in [3.8, 4) is 0 Å². The molecule has 2 aliphatic heterocycles.